The van der Waals surface area contributed by atoms with Crippen LogP contribution >= 0.6 is 11.6 Å². The van der Waals surface area contributed by atoms with Crippen molar-refractivity contribution in [3.8, 4) is 0 Å². The maximum Gasteiger partial charge on any atom is 0.216 e. The summed E-state index contributed by atoms with van der Waals surface area (Å²) in [5, 5.41) is 0. The monoisotopic (exact) mass is 299 g/mol. The van der Waals surface area contributed by atoms with Gasteiger partial charge in [0.1, 0.15) is 0 Å². The second-order valence-electron chi connectivity index (χ2n) is 4.76. The lowest BCUT2D eigenvalue weighted by molar-refractivity contribution is -0.0155. The average Bonchev–Trinajstić information content (AvgIpc) is 2.28. The summed E-state index contributed by atoms with van der Waals surface area (Å²) in [5.74, 6) is 0.311. The number of ether oxygens (including phenoxy) is 2. The number of sulfonamides is 1. The van der Waals surface area contributed by atoms with Gasteiger partial charge < -0.3 is 9.47 Å². The molecule has 108 valence electrons. The van der Waals surface area contributed by atoms with Crippen molar-refractivity contribution < 1.29 is 17.9 Å². The fraction of sp³-hybridized carbons (Fsp3) is 1.00. The second kappa shape index (κ2) is 7.05. The molecule has 1 saturated heterocycles. The number of alkyl halides is 1. The summed E-state index contributed by atoms with van der Waals surface area (Å²) in [7, 11) is -3.30. The Kier molecular flexibility index (Phi) is 6.34. The minimum absolute atomic E-state index is 0.00449. The second-order valence-corrected chi connectivity index (χ2v) is 7.11. The molecule has 2 atom stereocenters. The number of nitrogens with zero attached hydrogens (tertiary/aromatic N) is 1. The highest BCUT2D eigenvalue weighted by atomic mass is 35.5. The van der Waals surface area contributed by atoms with E-state index in [1.807, 2.05) is 20.8 Å². The Morgan fingerprint density at radius 2 is 2.17 bits per heavy atom. The van der Waals surface area contributed by atoms with Crippen molar-refractivity contribution >= 4 is 21.6 Å². The van der Waals surface area contributed by atoms with E-state index in [1.54, 1.807) is 0 Å². The van der Waals surface area contributed by atoms with E-state index >= 15 is 0 Å². The molecule has 0 spiro atoms. The van der Waals surface area contributed by atoms with Crippen molar-refractivity contribution in [1.82, 2.24) is 4.31 Å². The summed E-state index contributed by atoms with van der Waals surface area (Å²) >= 11 is 5.72. The Bertz CT molecular complexity index is 347. The SMILES string of the molecule is CC(C)OCCS(=O)(=O)N1CC(CCl)OCC1C. The van der Waals surface area contributed by atoms with Crippen molar-refractivity contribution in [3.05, 3.63) is 0 Å². The van der Waals surface area contributed by atoms with Crippen LogP contribution < -0.4 is 0 Å². The van der Waals surface area contributed by atoms with E-state index in [1.165, 1.54) is 4.31 Å². The molecule has 0 amide bonds. The molecule has 18 heavy (non-hydrogen) atoms. The van der Waals surface area contributed by atoms with Crippen molar-refractivity contribution in [2.45, 2.75) is 39.0 Å². The molecule has 5 nitrogen and oxygen atoms in total. The van der Waals surface area contributed by atoms with E-state index in [-0.39, 0.29) is 30.6 Å². The van der Waals surface area contributed by atoms with Crippen molar-refractivity contribution in [1.29, 1.82) is 0 Å². The molecule has 0 aromatic heterocycles. The van der Waals surface area contributed by atoms with Gasteiger partial charge in [0.25, 0.3) is 0 Å². The van der Waals surface area contributed by atoms with Gasteiger partial charge in [-0.3, -0.25) is 0 Å². The predicted octanol–water partition coefficient (Wildman–Crippen LogP) is 1.07. The standard InChI is InChI=1S/C11H22ClNO4S/c1-9(2)16-4-5-18(14,15)13-7-11(6-12)17-8-10(13)3/h9-11H,4-8H2,1-3H3. The van der Waals surface area contributed by atoms with Crippen LogP contribution in [-0.2, 0) is 19.5 Å². The molecule has 0 bridgehead atoms. The minimum atomic E-state index is -3.30. The molecular formula is C11H22ClNO4S. The number of halogens is 1. The Morgan fingerprint density at radius 3 is 2.72 bits per heavy atom. The molecule has 0 saturated carbocycles. The van der Waals surface area contributed by atoms with Crippen molar-refractivity contribution in [2.24, 2.45) is 0 Å². The molecule has 1 fully saturated rings. The number of hydrogen-bond acceptors (Lipinski definition) is 4. The largest absolute Gasteiger partial charge is 0.378 e. The fourth-order valence-electron chi connectivity index (χ4n) is 1.78. The summed E-state index contributed by atoms with van der Waals surface area (Å²) in [5.41, 5.74) is 0. The molecule has 2 unspecified atom stereocenters. The fourth-order valence-corrected chi connectivity index (χ4v) is 3.51. The van der Waals surface area contributed by atoms with Crippen LogP contribution in [-0.4, -0.2) is 62.4 Å². The summed E-state index contributed by atoms with van der Waals surface area (Å²) in [6.45, 7) is 6.54. The van der Waals surface area contributed by atoms with Gasteiger partial charge in [-0.2, -0.15) is 4.31 Å². The zero-order valence-corrected chi connectivity index (χ0v) is 12.7. The van der Waals surface area contributed by atoms with Gasteiger partial charge in [0.2, 0.25) is 10.0 Å². The van der Waals surface area contributed by atoms with Crippen LogP contribution in [0.4, 0.5) is 0 Å². The van der Waals surface area contributed by atoms with Crippen LogP contribution in [0.2, 0.25) is 0 Å². The molecule has 7 heteroatoms. The van der Waals surface area contributed by atoms with Gasteiger partial charge in [0, 0.05) is 18.5 Å². The van der Waals surface area contributed by atoms with E-state index in [2.05, 4.69) is 0 Å². The van der Waals surface area contributed by atoms with E-state index in [4.69, 9.17) is 21.1 Å². The zero-order chi connectivity index (χ0) is 13.8. The first-order chi connectivity index (χ1) is 8.36. The molecule has 1 aliphatic heterocycles. The summed E-state index contributed by atoms with van der Waals surface area (Å²) < 4.78 is 36.6. The van der Waals surface area contributed by atoms with Crippen molar-refractivity contribution in [2.75, 3.05) is 31.4 Å². The van der Waals surface area contributed by atoms with E-state index in [0.29, 0.717) is 19.0 Å². The van der Waals surface area contributed by atoms with Crippen molar-refractivity contribution in [3.63, 3.8) is 0 Å². The molecule has 0 radical (unpaired) electrons. The third kappa shape index (κ3) is 4.66. The maximum absolute atomic E-state index is 12.2. The first kappa shape index (κ1) is 16.2. The number of rotatable bonds is 6. The Labute approximate surface area is 114 Å². The highest BCUT2D eigenvalue weighted by Gasteiger charge is 2.33. The molecule has 0 aromatic rings. The first-order valence-corrected chi connectivity index (χ1v) is 8.30. The quantitative estimate of drug-likeness (QED) is 0.689. The van der Waals surface area contributed by atoms with Gasteiger partial charge in [-0.05, 0) is 20.8 Å². The normalized spacial score (nSPS) is 26.7. The number of hydrogen-bond donors (Lipinski definition) is 0. The van der Waals surface area contributed by atoms with Gasteiger partial charge in [0.15, 0.2) is 0 Å². The Hall–Kier alpha value is 0.120. The number of morpholine rings is 1. The predicted molar refractivity (Wildman–Crippen MR) is 71.5 cm³/mol. The van der Waals surface area contributed by atoms with Gasteiger partial charge in [0.05, 0.1) is 31.2 Å². The summed E-state index contributed by atoms with van der Waals surface area (Å²) in [4.78, 5) is 0. The smallest absolute Gasteiger partial charge is 0.216 e. The third-order valence-corrected chi connectivity index (χ3v) is 5.02. The third-order valence-electron chi connectivity index (χ3n) is 2.77. The molecule has 1 heterocycles. The topological polar surface area (TPSA) is 55.8 Å². The molecule has 0 aromatic carbocycles. The molecule has 1 rings (SSSR count). The van der Waals surface area contributed by atoms with Gasteiger partial charge >= 0.3 is 0 Å². The molecule has 0 N–H and O–H groups in total. The summed E-state index contributed by atoms with van der Waals surface area (Å²) in [6.07, 6.45) is -0.179. The highest BCUT2D eigenvalue weighted by molar-refractivity contribution is 7.89. The highest BCUT2D eigenvalue weighted by Crippen LogP contribution is 2.17. The van der Waals surface area contributed by atoms with Crippen LogP contribution in [0.1, 0.15) is 20.8 Å². The van der Waals surface area contributed by atoms with Crippen LogP contribution in [0.5, 0.6) is 0 Å². The zero-order valence-electron chi connectivity index (χ0n) is 11.1. The lowest BCUT2D eigenvalue weighted by atomic mass is 10.2. The maximum atomic E-state index is 12.2. The van der Waals surface area contributed by atoms with Crippen LogP contribution in [0.15, 0.2) is 0 Å². The summed E-state index contributed by atoms with van der Waals surface area (Å²) in [6, 6.07) is -0.145. The van der Waals surface area contributed by atoms with E-state index in [0.717, 1.165) is 0 Å². The van der Waals surface area contributed by atoms with Gasteiger partial charge in [-0.15, -0.1) is 11.6 Å². The first-order valence-electron chi connectivity index (χ1n) is 6.15. The van der Waals surface area contributed by atoms with E-state index < -0.39 is 10.0 Å². The van der Waals surface area contributed by atoms with Crippen LogP contribution in [0, 0.1) is 0 Å². The lowest BCUT2D eigenvalue weighted by Crippen LogP contribution is -2.52. The van der Waals surface area contributed by atoms with Gasteiger partial charge in [-0.25, -0.2) is 8.42 Å². The Balaban J connectivity index is 2.58. The van der Waals surface area contributed by atoms with E-state index in [9.17, 15) is 8.42 Å². The van der Waals surface area contributed by atoms with Gasteiger partial charge in [-0.1, -0.05) is 0 Å². The Morgan fingerprint density at radius 1 is 1.50 bits per heavy atom. The minimum Gasteiger partial charge on any atom is -0.378 e. The molecule has 1 aliphatic rings. The molecular weight excluding hydrogens is 278 g/mol. The van der Waals surface area contributed by atoms with Crippen LogP contribution in [0.25, 0.3) is 0 Å². The lowest BCUT2D eigenvalue weighted by Gasteiger charge is -2.36. The van der Waals surface area contributed by atoms with Crippen LogP contribution in [0.3, 0.4) is 0 Å². The average molecular weight is 300 g/mol. The molecule has 0 aliphatic carbocycles.